The molecule has 1 unspecified atom stereocenters. The third-order valence-electron chi connectivity index (χ3n) is 3.14. The highest BCUT2D eigenvalue weighted by Gasteiger charge is 2.05. The van der Waals surface area contributed by atoms with Gasteiger partial charge < -0.3 is 10.2 Å². The van der Waals surface area contributed by atoms with Gasteiger partial charge in [0.1, 0.15) is 0 Å². The molecule has 0 saturated carbocycles. The number of rotatable bonds is 7. The van der Waals surface area contributed by atoms with Gasteiger partial charge in [0.05, 0.1) is 0 Å². The number of likely N-dealkylation sites (N-methyl/N-ethyl adjacent to an activating group) is 1. The molecule has 1 aromatic rings. The first kappa shape index (κ1) is 14.7. The SMILES string of the molecule is CCN(CC)CCNC(C)c1ccc(Br)cc1. The lowest BCUT2D eigenvalue weighted by atomic mass is 10.1. The number of halogens is 1. The second-order valence-corrected chi connectivity index (χ2v) is 5.17. The minimum absolute atomic E-state index is 0.415. The van der Waals surface area contributed by atoms with Crippen molar-refractivity contribution < 1.29 is 0 Å². The Kier molecular flexibility index (Phi) is 6.78. The van der Waals surface area contributed by atoms with Gasteiger partial charge >= 0.3 is 0 Å². The summed E-state index contributed by atoms with van der Waals surface area (Å²) in [6.45, 7) is 11.1. The van der Waals surface area contributed by atoms with Gasteiger partial charge in [0.2, 0.25) is 0 Å². The van der Waals surface area contributed by atoms with Crippen molar-refractivity contribution in [2.75, 3.05) is 26.2 Å². The summed E-state index contributed by atoms with van der Waals surface area (Å²) in [5.74, 6) is 0. The van der Waals surface area contributed by atoms with E-state index in [1.54, 1.807) is 0 Å². The quantitative estimate of drug-likeness (QED) is 0.829. The van der Waals surface area contributed by atoms with Crippen LogP contribution in [0.1, 0.15) is 32.4 Å². The van der Waals surface area contributed by atoms with Gasteiger partial charge in [-0.3, -0.25) is 0 Å². The number of nitrogens with zero attached hydrogens (tertiary/aromatic N) is 1. The fourth-order valence-electron chi connectivity index (χ4n) is 1.85. The summed E-state index contributed by atoms with van der Waals surface area (Å²) in [7, 11) is 0. The molecular weight excluding hydrogens is 276 g/mol. The van der Waals surface area contributed by atoms with Crippen LogP contribution in [0.2, 0.25) is 0 Å². The Labute approximate surface area is 114 Å². The second kappa shape index (κ2) is 7.85. The van der Waals surface area contributed by atoms with Crippen LogP contribution in [0.25, 0.3) is 0 Å². The van der Waals surface area contributed by atoms with Crippen LogP contribution < -0.4 is 5.32 Å². The first-order chi connectivity index (χ1) is 8.17. The van der Waals surface area contributed by atoms with Crippen LogP contribution in [-0.2, 0) is 0 Å². The molecule has 0 heterocycles. The van der Waals surface area contributed by atoms with Crippen LogP contribution in [0.5, 0.6) is 0 Å². The Bertz CT molecular complexity index is 307. The molecule has 17 heavy (non-hydrogen) atoms. The van der Waals surface area contributed by atoms with Crippen molar-refractivity contribution in [1.29, 1.82) is 0 Å². The van der Waals surface area contributed by atoms with Gasteiger partial charge in [-0.2, -0.15) is 0 Å². The van der Waals surface area contributed by atoms with E-state index in [-0.39, 0.29) is 0 Å². The van der Waals surface area contributed by atoms with E-state index in [0.717, 1.165) is 30.7 Å². The summed E-state index contributed by atoms with van der Waals surface area (Å²) < 4.78 is 1.14. The lowest BCUT2D eigenvalue weighted by Crippen LogP contribution is -2.33. The highest BCUT2D eigenvalue weighted by molar-refractivity contribution is 9.10. The molecule has 1 aromatic carbocycles. The molecule has 0 radical (unpaired) electrons. The maximum Gasteiger partial charge on any atom is 0.0292 e. The lowest BCUT2D eigenvalue weighted by molar-refractivity contribution is 0.298. The maximum atomic E-state index is 3.56. The molecule has 0 aliphatic carbocycles. The minimum atomic E-state index is 0.415. The van der Waals surface area contributed by atoms with E-state index in [0.29, 0.717) is 6.04 Å². The van der Waals surface area contributed by atoms with Crippen molar-refractivity contribution in [3.63, 3.8) is 0 Å². The minimum Gasteiger partial charge on any atom is -0.309 e. The Morgan fingerprint density at radius 2 is 1.76 bits per heavy atom. The van der Waals surface area contributed by atoms with Gasteiger partial charge in [-0.15, -0.1) is 0 Å². The number of hydrogen-bond acceptors (Lipinski definition) is 2. The van der Waals surface area contributed by atoms with Gasteiger partial charge in [-0.25, -0.2) is 0 Å². The molecule has 0 saturated heterocycles. The predicted molar refractivity (Wildman–Crippen MR) is 78.3 cm³/mol. The third kappa shape index (κ3) is 5.19. The molecular formula is C14H23BrN2. The highest BCUT2D eigenvalue weighted by atomic mass is 79.9. The molecule has 0 spiro atoms. The van der Waals surface area contributed by atoms with Gasteiger partial charge in [-0.1, -0.05) is 41.9 Å². The van der Waals surface area contributed by atoms with Gasteiger partial charge in [0.15, 0.2) is 0 Å². The summed E-state index contributed by atoms with van der Waals surface area (Å²) >= 11 is 3.46. The van der Waals surface area contributed by atoms with Gasteiger partial charge in [-0.05, 0) is 37.7 Å². The van der Waals surface area contributed by atoms with Crippen LogP contribution in [0.4, 0.5) is 0 Å². The Morgan fingerprint density at radius 1 is 1.18 bits per heavy atom. The van der Waals surface area contributed by atoms with E-state index in [9.17, 15) is 0 Å². The largest absolute Gasteiger partial charge is 0.309 e. The monoisotopic (exact) mass is 298 g/mol. The van der Waals surface area contributed by atoms with Crippen molar-refractivity contribution in [3.05, 3.63) is 34.3 Å². The summed E-state index contributed by atoms with van der Waals surface area (Å²) in [6.07, 6.45) is 0. The predicted octanol–water partition coefficient (Wildman–Crippen LogP) is 3.44. The molecule has 0 fully saturated rings. The molecule has 0 aliphatic heterocycles. The van der Waals surface area contributed by atoms with E-state index < -0.39 is 0 Å². The maximum absolute atomic E-state index is 3.56. The number of nitrogens with one attached hydrogen (secondary N) is 1. The first-order valence-corrected chi connectivity index (χ1v) is 7.17. The zero-order valence-corrected chi connectivity index (χ0v) is 12.6. The normalized spacial score (nSPS) is 13.0. The van der Waals surface area contributed by atoms with E-state index in [4.69, 9.17) is 0 Å². The van der Waals surface area contributed by atoms with Crippen LogP contribution in [0.3, 0.4) is 0 Å². The molecule has 2 nitrogen and oxygen atoms in total. The lowest BCUT2D eigenvalue weighted by Gasteiger charge is -2.20. The number of hydrogen-bond donors (Lipinski definition) is 1. The molecule has 0 bridgehead atoms. The first-order valence-electron chi connectivity index (χ1n) is 6.38. The zero-order valence-electron chi connectivity index (χ0n) is 11.0. The molecule has 96 valence electrons. The van der Waals surface area contributed by atoms with Crippen molar-refractivity contribution in [2.24, 2.45) is 0 Å². The average molecular weight is 299 g/mol. The van der Waals surface area contributed by atoms with E-state index in [1.807, 2.05) is 0 Å². The summed E-state index contributed by atoms with van der Waals surface area (Å²) in [5, 5.41) is 3.56. The Balaban J connectivity index is 2.34. The van der Waals surface area contributed by atoms with Crippen molar-refractivity contribution >= 4 is 15.9 Å². The van der Waals surface area contributed by atoms with E-state index >= 15 is 0 Å². The standard InChI is InChI=1S/C14H23BrN2/c1-4-17(5-2)11-10-16-12(3)13-6-8-14(15)9-7-13/h6-9,12,16H,4-5,10-11H2,1-3H3. The van der Waals surface area contributed by atoms with Crippen LogP contribution in [0, 0.1) is 0 Å². The topological polar surface area (TPSA) is 15.3 Å². The highest BCUT2D eigenvalue weighted by Crippen LogP contribution is 2.16. The van der Waals surface area contributed by atoms with Crippen LogP contribution in [0.15, 0.2) is 28.7 Å². The molecule has 0 aromatic heterocycles. The molecule has 0 aliphatic rings. The van der Waals surface area contributed by atoms with Crippen LogP contribution in [-0.4, -0.2) is 31.1 Å². The summed E-state index contributed by atoms with van der Waals surface area (Å²) in [4.78, 5) is 2.43. The van der Waals surface area contributed by atoms with Gasteiger partial charge in [0.25, 0.3) is 0 Å². The third-order valence-corrected chi connectivity index (χ3v) is 3.67. The van der Waals surface area contributed by atoms with Crippen molar-refractivity contribution in [1.82, 2.24) is 10.2 Å². The molecule has 1 rings (SSSR count). The van der Waals surface area contributed by atoms with Gasteiger partial charge in [0, 0.05) is 23.6 Å². The molecule has 1 N–H and O–H groups in total. The second-order valence-electron chi connectivity index (χ2n) is 4.25. The van der Waals surface area contributed by atoms with Crippen molar-refractivity contribution in [3.8, 4) is 0 Å². The zero-order chi connectivity index (χ0) is 12.7. The molecule has 1 atom stereocenters. The van der Waals surface area contributed by atoms with Crippen LogP contribution >= 0.6 is 15.9 Å². The van der Waals surface area contributed by atoms with E-state index in [1.165, 1.54) is 5.56 Å². The Morgan fingerprint density at radius 3 is 2.29 bits per heavy atom. The fourth-order valence-corrected chi connectivity index (χ4v) is 2.11. The average Bonchev–Trinajstić information content (AvgIpc) is 2.35. The molecule has 3 heteroatoms. The fraction of sp³-hybridized carbons (Fsp3) is 0.571. The number of benzene rings is 1. The van der Waals surface area contributed by atoms with E-state index in [2.05, 4.69) is 71.2 Å². The summed E-state index contributed by atoms with van der Waals surface area (Å²) in [5.41, 5.74) is 1.34. The Hall–Kier alpha value is -0.380. The summed E-state index contributed by atoms with van der Waals surface area (Å²) in [6, 6.07) is 8.94. The molecule has 0 amide bonds. The smallest absolute Gasteiger partial charge is 0.0292 e. The van der Waals surface area contributed by atoms with Crippen molar-refractivity contribution in [2.45, 2.75) is 26.8 Å².